The topological polar surface area (TPSA) is 94.8 Å². The summed E-state index contributed by atoms with van der Waals surface area (Å²) >= 11 is 0. The summed E-state index contributed by atoms with van der Waals surface area (Å²) in [5, 5.41) is 16.4. The molecule has 1 rings (SSSR count). The predicted octanol–water partition coefficient (Wildman–Crippen LogP) is 0.251. The highest BCUT2D eigenvalue weighted by atomic mass is 32.2. The lowest BCUT2D eigenvalue weighted by Crippen LogP contribution is -1.96. The van der Waals surface area contributed by atoms with Crippen LogP contribution < -0.4 is 0 Å². The van der Waals surface area contributed by atoms with Gasteiger partial charge in [0.15, 0.2) is 0 Å². The van der Waals surface area contributed by atoms with E-state index in [0.29, 0.717) is 0 Å². The van der Waals surface area contributed by atoms with E-state index in [1.165, 1.54) is 12.1 Å². The Balaban J connectivity index is 0.000000423. The van der Waals surface area contributed by atoms with Crippen LogP contribution in [0.4, 0.5) is 0 Å². The molecular formula is C9H10O5S. The highest BCUT2D eigenvalue weighted by Gasteiger charge is 2.07. The van der Waals surface area contributed by atoms with Crippen LogP contribution >= 0.6 is 0 Å². The fourth-order valence-electron chi connectivity index (χ4n) is 0.618. The van der Waals surface area contributed by atoms with Crippen LogP contribution in [0.25, 0.3) is 0 Å². The van der Waals surface area contributed by atoms with Gasteiger partial charge >= 0.3 is 0 Å². The van der Waals surface area contributed by atoms with E-state index in [1.807, 2.05) is 5.92 Å². The van der Waals surface area contributed by atoms with E-state index in [1.54, 1.807) is 0 Å². The highest BCUT2D eigenvalue weighted by Crippen LogP contribution is 2.13. The number of rotatable bonds is 1. The first-order valence-electron chi connectivity index (χ1n) is 3.72. The number of aromatic hydroxyl groups is 1. The Labute approximate surface area is 87.7 Å². The van der Waals surface area contributed by atoms with Crippen LogP contribution in [0.1, 0.15) is 0 Å². The summed E-state index contributed by atoms with van der Waals surface area (Å²) in [5.41, 5.74) is 0. The lowest BCUT2D eigenvalue weighted by Gasteiger charge is -1.94. The van der Waals surface area contributed by atoms with Gasteiger partial charge in [0.25, 0.3) is 10.1 Å². The van der Waals surface area contributed by atoms with E-state index in [9.17, 15) is 8.42 Å². The Bertz CT molecular complexity index is 427. The number of phenols is 1. The van der Waals surface area contributed by atoms with Crippen LogP contribution in [0.15, 0.2) is 29.2 Å². The maximum absolute atomic E-state index is 10.4. The molecule has 15 heavy (non-hydrogen) atoms. The summed E-state index contributed by atoms with van der Waals surface area (Å²) in [5.74, 6) is 1.94. The molecule has 0 aliphatic rings. The van der Waals surface area contributed by atoms with Crippen molar-refractivity contribution in [1.82, 2.24) is 0 Å². The van der Waals surface area contributed by atoms with Gasteiger partial charge in [-0.1, -0.05) is 5.92 Å². The molecular weight excluding hydrogens is 220 g/mol. The number of hydrogen-bond acceptors (Lipinski definition) is 4. The number of terminal acetylenes is 1. The van der Waals surface area contributed by atoms with Gasteiger partial charge in [0, 0.05) is 0 Å². The quantitative estimate of drug-likeness (QED) is 0.475. The first kappa shape index (κ1) is 13.4. The number of phenolic OH excluding ortho intramolecular Hbond substituents is 1. The number of benzene rings is 1. The molecule has 0 saturated carbocycles. The molecule has 3 N–H and O–H groups in total. The predicted molar refractivity (Wildman–Crippen MR) is 53.8 cm³/mol. The minimum absolute atomic E-state index is 0.0441. The molecule has 0 spiro atoms. The first-order chi connectivity index (χ1) is 6.91. The molecule has 1 aromatic rings. The zero-order valence-electron chi connectivity index (χ0n) is 7.66. The van der Waals surface area contributed by atoms with Crippen LogP contribution in [0.5, 0.6) is 5.75 Å². The minimum Gasteiger partial charge on any atom is -0.508 e. The van der Waals surface area contributed by atoms with Gasteiger partial charge in [-0.3, -0.25) is 4.55 Å². The Morgan fingerprint density at radius 1 is 1.27 bits per heavy atom. The molecule has 6 heteroatoms. The van der Waals surface area contributed by atoms with Crippen molar-refractivity contribution in [2.24, 2.45) is 0 Å². The second-order valence-corrected chi connectivity index (χ2v) is 3.75. The molecule has 0 unspecified atom stereocenters. The second kappa shape index (κ2) is 6.03. The van der Waals surface area contributed by atoms with Crippen molar-refractivity contribution in [2.75, 3.05) is 6.61 Å². The van der Waals surface area contributed by atoms with E-state index < -0.39 is 10.1 Å². The van der Waals surface area contributed by atoms with Crippen molar-refractivity contribution in [2.45, 2.75) is 4.90 Å². The molecule has 0 saturated heterocycles. The standard InChI is InChI=1S/C6H6O4S.C3H4O/c7-5-1-3-6(4-2-5)11(8,9)10;1-2-3-4/h1-4,7H,(H,8,9,10);1,4H,3H2. The normalized spacial score (nSPS) is 9.67. The van der Waals surface area contributed by atoms with E-state index in [2.05, 4.69) is 6.42 Å². The van der Waals surface area contributed by atoms with Crippen LogP contribution in [0, 0.1) is 12.3 Å². The summed E-state index contributed by atoms with van der Waals surface area (Å²) in [6.45, 7) is -0.153. The van der Waals surface area contributed by atoms with Gasteiger partial charge in [0.1, 0.15) is 12.4 Å². The molecule has 0 radical (unpaired) electrons. The summed E-state index contributed by atoms with van der Waals surface area (Å²) in [6, 6.07) is 4.60. The lowest BCUT2D eigenvalue weighted by molar-refractivity contribution is 0.351. The third-order valence-corrected chi connectivity index (χ3v) is 2.09. The summed E-state index contributed by atoms with van der Waals surface area (Å²) in [7, 11) is -4.13. The molecule has 0 aliphatic carbocycles. The van der Waals surface area contributed by atoms with Gasteiger partial charge in [-0.05, 0) is 24.3 Å². The van der Waals surface area contributed by atoms with E-state index in [-0.39, 0.29) is 17.3 Å². The highest BCUT2D eigenvalue weighted by molar-refractivity contribution is 7.85. The van der Waals surface area contributed by atoms with Crippen molar-refractivity contribution in [1.29, 1.82) is 0 Å². The minimum atomic E-state index is -4.13. The van der Waals surface area contributed by atoms with E-state index in [0.717, 1.165) is 12.1 Å². The summed E-state index contributed by atoms with van der Waals surface area (Å²) in [6.07, 6.45) is 4.53. The summed E-state index contributed by atoms with van der Waals surface area (Å²) < 4.78 is 29.3. The molecule has 1 aromatic carbocycles. The van der Waals surface area contributed by atoms with Gasteiger partial charge in [0.2, 0.25) is 0 Å². The van der Waals surface area contributed by atoms with Crippen LogP contribution in [0.3, 0.4) is 0 Å². The molecule has 0 aromatic heterocycles. The molecule has 5 nitrogen and oxygen atoms in total. The maximum atomic E-state index is 10.4. The monoisotopic (exact) mass is 230 g/mol. The molecule has 0 bridgehead atoms. The van der Waals surface area contributed by atoms with Gasteiger partial charge in [-0.2, -0.15) is 8.42 Å². The van der Waals surface area contributed by atoms with Gasteiger partial charge < -0.3 is 10.2 Å². The van der Waals surface area contributed by atoms with Gasteiger partial charge in [-0.25, -0.2) is 0 Å². The lowest BCUT2D eigenvalue weighted by atomic mass is 10.3. The summed E-state index contributed by atoms with van der Waals surface area (Å²) in [4.78, 5) is -0.227. The fraction of sp³-hybridized carbons (Fsp3) is 0.111. The second-order valence-electron chi connectivity index (χ2n) is 2.33. The van der Waals surface area contributed by atoms with Crippen molar-refractivity contribution in [3.05, 3.63) is 24.3 Å². The Morgan fingerprint density at radius 2 is 1.67 bits per heavy atom. The number of aliphatic hydroxyl groups is 1. The zero-order valence-corrected chi connectivity index (χ0v) is 8.48. The first-order valence-corrected chi connectivity index (χ1v) is 5.16. The maximum Gasteiger partial charge on any atom is 0.294 e. The largest absolute Gasteiger partial charge is 0.508 e. The third-order valence-electron chi connectivity index (χ3n) is 1.23. The average molecular weight is 230 g/mol. The van der Waals surface area contributed by atoms with E-state index >= 15 is 0 Å². The zero-order chi connectivity index (χ0) is 11.9. The van der Waals surface area contributed by atoms with Gasteiger partial charge in [-0.15, -0.1) is 6.42 Å². The number of hydrogen-bond donors (Lipinski definition) is 3. The van der Waals surface area contributed by atoms with Crippen molar-refractivity contribution < 1.29 is 23.2 Å². The molecule has 0 aliphatic heterocycles. The third kappa shape index (κ3) is 5.70. The SMILES string of the molecule is C#CCO.O=S(=O)(O)c1ccc(O)cc1. The average Bonchev–Trinajstić information content (AvgIpc) is 2.17. The Kier molecular flexibility index (Phi) is 5.41. The molecule has 0 amide bonds. The smallest absolute Gasteiger partial charge is 0.294 e. The Hall–Kier alpha value is -1.55. The molecule has 0 atom stereocenters. The molecule has 0 fully saturated rings. The van der Waals surface area contributed by atoms with Gasteiger partial charge in [0.05, 0.1) is 4.90 Å². The van der Waals surface area contributed by atoms with Crippen LogP contribution in [0.2, 0.25) is 0 Å². The van der Waals surface area contributed by atoms with Crippen LogP contribution in [-0.2, 0) is 10.1 Å². The van der Waals surface area contributed by atoms with E-state index in [4.69, 9.17) is 14.8 Å². The van der Waals surface area contributed by atoms with Crippen molar-refractivity contribution in [3.8, 4) is 18.1 Å². The van der Waals surface area contributed by atoms with Crippen molar-refractivity contribution in [3.63, 3.8) is 0 Å². The molecule has 82 valence electrons. The van der Waals surface area contributed by atoms with Crippen molar-refractivity contribution >= 4 is 10.1 Å². The fourth-order valence-corrected chi connectivity index (χ4v) is 1.10. The van der Waals surface area contributed by atoms with Crippen LogP contribution in [-0.4, -0.2) is 29.8 Å². The molecule has 0 heterocycles. The number of aliphatic hydroxyl groups excluding tert-OH is 1. The Morgan fingerprint density at radius 3 is 1.93 bits per heavy atom.